The van der Waals surface area contributed by atoms with Gasteiger partial charge in [0.25, 0.3) is 0 Å². The molecule has 0 saturated carbocycles. The van der Waals surface area contributed by atoms with Gasteiger partial charge in [-0.25, -0.2) is 13.1 Å². The number of nitrogens with one attached hydrogen (secondary N) is 2. The Labute approximate surface area is 103 Å². The minimum absolute atomic E-state index is 0.00646. The summed E-state index contributed by atoms with van der Waals surface area (Å²) in [6, 6.07) is -0.00646. The third-order valence-electron chi connectivity index (χ3n) is 3.53. The SMILES string of the molecule is O=S(=O)(CCC1CCNCC1)NC1CCOC1. The van der Waals surface area contributed by atoms with Crippen molar-refractivity contribution >= 4 is 10.0 Å². The maximum Gasteiger partial charge on any atom is 0.211 e. The van der Waals surface area contributed by atoms with Crippen molar-refractivity contribution in [3.63, 3.8) is 0 Å². The highest BCUT2D eigenvalue weighted by atomic mass is 32.2. The molecule has 2 N–H and O–H groups in total. The summed E-state index contributed by atoms with van der Waals surface area (Å²) in [5.74, 6) is 0.821. The predicted molar refractivity (Wildman–Crippen MR) is 66.4 cm³/mol. The average Bonchev–Trinajstić information content (AvgIpc) is 2.80. The monoisotopic (exact) mass is 262 g/mol. The van der Waals surface area contributed by atoms with E-state index in [-0.39, 0.29) is 11.8 Å². The smallest absolute Gasteiger partial charge is 0.211 e. The van der Waals surface area contributed by atoms with Crippen LogP contribution in [0.25, 0.3) is 0 Å². The molecule has 6 heteroatoms. The van der Waals surface area contributed by atoms with Crippen LogP contribution in [0.2, 0.25) is 0 Å². The fourth-order valence-electron chi connectivity index (χ4n) is 2.43. The van der Waals surface area contributed by atoms with Crippen LogP contribution in [0.4, 0.5) is 0 Å². The normalized spacial score (nSPS) is 27.4. The lowest BCUT2D eigenvalue weighted by atomic mass is 9.96. The molecule has 2 rings (SSSR count). The van der Waals surface area contributed by atoms with Crippen LogP contribution < -0.4 is 10.0 Å². The highest BCUT2D eigenvalue weighted by Gasteiger charge is 2.23. The first-order valence-corrected chi connectivity index (χ1v) is 8.09. The van der Waals surface area contributed by atoms with E-state index in [0.29, 0.717) is 19.1 Å². The van der Waals surface area contributed by atoms with Crippen molar-refractivity contribution in [3.05, 3.63) is 0 Å². The summed E-state index contributed by atoms with van der Waals surface area (Å²) in [4.78, 5) is 0. The zero-order valence-corrected chi connectivity index (χ0v) is 11.0. The van der Waals surface area contributed by atoms with Crippen molar-refractivity contribution < 1.29 is 13.2 Å². The van der Waals surface area contributed by atoms with Crippen molar-refractivity contribution in [1.82, 2.24) is 10.0 Å². The van der Waals surface area contributed by atoms with E-state index in [9.17, 15) is 8.42 Å². The summed E-state index contributed by atoms with van der Waals surface area (Å²) in [5, 5.41) is 3.29. The molecule has 0 bridgehead atoms. The lowest BCUT2D eigenvalue weighted by Crippen LogP contribution is -2.37. The lowest BCUT2D eigenvalue weighted by Gasteiger charge is -2.22. The molecular formula is C11H22N2O3S. The van der Waals surface area contributed by atoms with Crippen LogP contribution in [0.5, 0.6) is 0 Å². The maximum atomic E-state index is 11.8. The molecule has 17 heavy (non-hydrogen) atoms. The average molecular weight is 262 g/mol. The molecular weight excluding hydrogens is 240 g/mol. The van der Waals surface area contributed by atoms with E-state index in [1.54, 1.807) is 0 Å². The van der Waals surface area contributed by atoms with Gasteiger partial charge >= 0.3 is 0 Å². The molecule has 0 radical (unpaired) electrons. The van der Waals surface area contributed by atoms with Crippen LogP contribution in [-0.2, 0) is 14.8 Å². The van der Waals surface area contributed by atoms with Crippen LogP contribution in [0.3, 0.4) is 0 Å². The molecule has 2 saturated heterocycles. The quantitative estimate of drug-likeness (QED) is 0.736. The molecule has 2 fully saturated rings. The van der Waals surface area contributed by atoms with Crippen molar-refractivity contribution in [2.75, 3.05) is 32.1 Å². The van der Waals surface area contributed by atoms with Gasteiger partial charge < -0.3 is 10.1 Å². The molecule has 0 aliphatic carbocycles. The van der Waals surface area contributed by atoms with E-state index in [1.807, 2.05) is 0 Å². The summed E-state index contributed by atoms with van der Waals surface area (Å²) in [5.41, 5.74) is 0. The van der Waals surface area contributed by atoms with Gasteiger partial charge in [0.05, 0.1) is 12.4 Å². The summed E-state index contributed by atoms with van der Waals surface area (Å²) in [7, 11) is -3.11. The van der Waals surface area contributed by atoms with Gasteiger partial charge in [-0.2, -0.15) is 0 Å². The van der Waals surface area contributed by atoms with E-state index < -0.39 is 10.0 Å². The van der Waals surface area contributed by atoms with Crippen LogP contribution >= 0.6 is 0 Å². The molecule has 2 heterocycles. The van der Waals surface area contributed by atoms with E-state index >= 15 is 0 Å². The van der Waals surface area contributed by atoms with Gasteiger partial charge in [-0.05, 0) is 44.7 Å². The van der Waals surface area contributed by atoms with Gasteiger partial charge in [-0.1, -0.05) is 0 Å². The highest BCUT2D eigenvalue weighted by Crippen LogP contribution is 2.16. The number of rotatable bonds is 5. The molecule has 0 amide bonds. The Morgan fingerprint density at radius 1 is 1.24 bits per heavy atom. The van der Waals surface area contributed by atoms with Gasteiger partial charge in [-0.15, -0.1) is 0 Å². The molecule has 2 aliphatic rings. The molecule has 0 aromatic rings. The number of sulfonamides is 1. The Morgan fingerprint density at radius 3 is 2.65 bits per heavy atom. The number of hydrogen-bond acceptors (Lipinski definition) is 4. The summed E-state index contributed by atoms with van der Waals surface area (Å²) in [6.07, 6.45) is 3.78. The van der Waals surface area contributed by atoms with Crippen molar-refractivity contribution in [2.45, 2.75) is 31.7 Å². The third kappa shape index (κ3) is 4.54. The lowest BCUT2D eigenvalue weighted by molar-refractivity contribution is 0.192. The van der Waals surface area contributed by atoms with Crippen molar-refractivity contribution in [2.24, 2.45) is 5.92 Å². The maximum absolute atomic E-state index is 11.8. The molecule has 1 unspecified atom stereocenters. The van der Waals surface area contributed by atoms with E-state index in [4.69, 9.17) is 4.74 Å². The Bertz CT molecular complexity index is 320. The van der Waals surface area contributed by atoms with Crippen LogP contribution in [0, 0.1) is 5.92 Å². The van der Waals surface area contributed by atoms with E-state index in [2.05, 4.69) is 10.0 Å². The number of ether oxygens (including phenoxy) is 1. The molecule has 100 valence electrons. The van der Waals surface area contributed by atoms with E-state index in [1.165, 1.54) is 0 Å². The Morgan fingerprint density at radius 2 is 2.00 bits per heavy atom. The summed E-state index contributed by atoms with van der Waals surface area (Å²) in [6.45, 7) is 3.23. The van der Waals surface area contributed by atoms with Gasteiger partial charge in [0.2, 0.25) is 10.0 Å². The fraction of sp³-hybridized carbons (Fsp3) is 1.00. The zero-order valence-electron chi connectivity index (χ0n) is 10.2. The third-order valence-corrected chi connectivity index (χ3v) is 5.00. The van der Waals surface area contributed by atoms with Gasteiger partial charge in [0.15, 0.2) is 0 Å². The minimum Gasteiger partial charge on any atom is -0.380 e. The second-order valence-corrected chi connectivity index (χ2v) is 6.85. The molecule has 0 aromatic carbocycles. The first-order valence-electron chi connectivity index (χ1n) is 6.44. The van der Waals surface area contributed by atoms with Gasteiger partial charge in [0, 0.05) is 12.6 Å². The number of piperidine rings is 1. The Kier molecular flexibility index (Phi) is 4.78. The molecule has 1 atom stereocenters. The standard InChI is InChI=1S/C11H22N2O3S/c14-17(15,13-11-3-7-16-9-11)8-4-10-1-5-12-6-2-10/h10-13H,1-9H2. The molecule has 5 nitrogen and oxygen atoms in total. The Hall–Kier alpha value is -0.170. The van der Waals surface area contributed by atoms with Crippen molar-refractivity contribution in [3.8, 4) is 0 Å². The largest absolute Gasteiger partial charge is 0.380 e. The molecule has 0 spiro atoms. The number of hydrogen-bond donors (Lipinski definition) is 2. The van der Waals surface area contributed by atoms with Gasteiger partial charge in [-0.3, -0.25) is 0 Å². The summed E-state index contributed by atoms with van der Waals surface area (Å²) < 4.78 is 31.6. The molecule has 2 aliphatic heterocycles. The fourth-order valence-corrected chi connectivity index (χ4v) is 3.89. The second-order valence-electron chi connectivity index (χ2n) is 4.98. The highest BCUT2D eigenvalue weighted by molar-refractivity contribution is 7.89. The first kappa shape index (κ1) is 13.3. The van der Waals surface area contributed by atoms with Gasteiger partial charge in [0.1, 0.15) is 0 Å². The van der Waals surface area contributed by atoms with Crippen LogP contribution in [-0.4, -0.2) is 46.5 Å². The van der Waals surface area contributed by atoms with Crippen LogP contribution in [0.15, 0.2) is 0 Å². The van der Waals surface area contributed by atoms with Crippen molar-refractivity contribution in [1.29, 1.82) is 0 Å². The topological polar surface area (TPSA) is 67.4 Å². The van der Waals surface area contributed by atoms with E-state index in [0.717, 1.165) is 38.8 Å². The first-order chi connectivity index (χ1) is 8.16. The van der Waals surface area contributed by atoms with Crippen LogP contribution in [0.1, 0.15) is 25.7 Å². The second kappa shape index (κ2) is 6.13. The Balaban J connectivity index is 1.72. The molecule has 0 aromatic heterocycles. The minimum atomic E-state index is -3.11. The zero-order chi connectivity index (χ0) is 12.1. The predicted octanol–water partition coefficient (Wildman–Crippen LogP) is 0.0844. The summed E-state index contributed by atoms with van der Waals surface area (Å²) >= 11 is 0.